The molecule has 2 aromatic carbocycles. The lowest BCUT2D eigenvalue weighted by Gasteiger charge is -2.07. The number of hydrogen-bond donors (Lipinski definition) is 1. The van der Waals surface area contributed by atoms with Gasteiger partial charge in [0.25, 0.3) is 5.69 Å². The van der Waals surface area contributed by atoms with E-state index in [1.54, 1.807) is 12.4 Å². The average Bonchev–Trinajstić information content (AvgIpc) is 3.14. The fraction of sp³-hybridized carbons (Fsp3) is 0.190. The molecule has 0 saturated carbocycles. The number of carbonyl (C=O) groups is 1. The highest BCUT2D eigenvalue weighted by Crippen LogP contribution is 2.24. The van der Waals surface area contributed by atoms with Crippen molar-refractivity contribution < 1.29 is 19.6 Å². The van der Waals surface area contributed by atoms with Crippen LogP contribution < -0.4 is 4.74 Å². The molecule has 0 aliphatic heterocycles. The molecule has 0 radical (unpaired) electrons. The minimum absolute atomic E-state index is 0.0669. The van der Waals surface area contributed by atoms with Crippen molar-refractivity contribution >= 4 is 11.8 Å². The van der Waals surface area contributed by atoms with Gasteiger partial charge in [-0.05, 0) is 67.1 Å². The lowest BCUT2D eigenvalue weighted by Crippen LogP contribution is -2.14. The maximum Gasteiger partial charge on any atom is 0.423 e. The minimum Gasteiger partial charge on any atom is -0.507 e. The molecule has 1 aromatic heterocycles. The number of carbonyl (C=O) groups excluding carboxylic acids is 1. The zero-order chi connectivity index (χ0) is 20.3. The van der Waals surface area contributed by atoms with E-state index >= 15 is 0 Å². The molecule has 7 nitrogen and oxygen atoms in total. The molecule has 0 spiro atoms. The van der Waals surface area contributed by atoms with Gasteiger partial charge in [-0.15, -0.1) is 0 Å². The van der Waals surface area contributed by atoms with Crippen LogP contribution in [0.5, 0.6) is 11.5 Å². The molecule has 0 fully saturated rings. The Labute approximate surface area is 162 Å². The molecule has 0 atom stereocenters. The Morgan fingerprint density at radius 3 is 2.29 bits per heavy atom. The second kappa shape index (κ2) is 7.96. The number of nitro benzene ring substituents is 1. The third-order valence-corrected chi connectivity index (χ3v) is 4.47. The zero-order valence-corrected chi connectivity index (χ0v) is 15.6. The zero-order valence-electron chi connectivity index (χ0n) is 15.6. The minimum atomic E-state index is -0.587. The van der Waals surface area contributed by atoms with E-state index in [0.717, 1.165) is 35.1 Å². The summed E-state index contributed by atoms with van der Waals surface area (Å²) < 4.78 is 6.57. The molecule has 0 aliphatic rings. The number of aromatic hydroxyl groups is 1. The highest BCUT2D eigenvalue weighted by atomic mass is 16.6. The van der Waals surface area contributed by atoms with Crippen LogP contribution in [0.2, 0.25) is 0 Å². The number of rotatable bonds is 5. The molecule has 3 rings (SSSR count). The Hall–Kier alpha value is -3.61. The van der Waals surface area contributed by atoms with Crippen molar-refractivity contribution in [1.29, 1.82) is 0 Å². The molecular formula is C21H20N2O5. The molecule has 28 heavy (non-hydrogen) atoms. The smallest absolute Gasteiger partial charge is 0.423 e. The number of phenolic OH excluding ortho intramolecular Hbond substituents is 1. The lowest BCUT2D eigenvalue weighted by molar-refractivity contribution is -0.384. The van der Waals surface area contributed by atoms with Crippen LogP contribution in [0.4, 0.5) is 10.5 Å². The maximum atomic E-state index is 12.2. The molecule has 7 heteroatoms. The molecule has 0 saturated heterocycles. The number of ether oxygens (including phenoxy) is 1. The van der Waals surface area contributed by atoms with Gasteiger partial charge in [-0.25, -0.2) is 4.79 Å². The van der Waals surface area contributed by atoms with Crippen molar-refractivity contribution in [3.8, 4) is 11.5 Å². The summed E-state index contributed by atoms with van der Waals surface area (Å²) in [5.74, 6) is 0.560. The van der Waals surface area contributed by atoms with E-state index < -0.39 is 11.0 Å². The lowest BCUT2D eigenvalue weighted by atomic mass is 10.0. The molecule has 3 aromatic rings. The average molecular weight is 380 g/mol. The van der Waals surface area contributed by atoms with Crippen molar-refractivity contribution in [3.63, 3.8) is 0 Å². The molecule has 144 valence electrons. The van der Waals surface area contributed by atoms with Crippen molar-refractivity contribution in [2.45, 2.75) is 26.7 Å². The standard InChI is InChI=1S/C21H20N2O5/c1-14-11-17(12-15(2)20(14)24)4-3-16-9-10-22(13-16)21(25)28-19-7-5-18(6-8-19)23(26)27/h5-13,24H,3-4H2,1-2H3. The number of aryl methyl sites for hydroxylation is 4. The van der Waals surface area contributed by atoms with Crippen molar-refractivity contribution in [2.24, 2.45) is 0 Å². The van der Waals surface area contributed by atoms with Gasteiger partial charge in [0.2, 0.25) is 0 Å². The summed E-state index contributed by atoms with van der Waals surface area (Å²) in [4.78, 5) is 22.4. The second-order valence-electron chi connectivity index (χ2n) is 6.62. The molecule has 0 bridgehead atoms. The Morgan fingerprint density at radius 2 is 1.68 bits per heavy atom. The molecule has 0 aliphatic carbocycles. The number of nitro groups is 1. The summed E-state index contributed by atoms with van der Waals surface area (Å²) in [6.45, 7) is 3.74. The van der Waals surface area contributed by atoms with Crippen LogP contribution in [0.1, 0.15) is 22.3 Å². The van der Waals surface area contributed by atoms with Gasteiger partial charge in [0, 0.05) is 24.5 Å². The van der Waals surface area contributed by atoms with Crippen LogP contribution in [0.25, 0.3) is 0 Å². The summed E-state index contributed by atoms with van der Waals surface area (Å²) in [6.07, 6.45) is 4.26. The van der Waals surface area contributed by atoms with Crippen LogP contribution >= 0.6 is 0 Å². The predicted octanol–water partition coefficient (Wildman–Crippen LogP) is 4.55. The van der Waals surface area contributed by atoms with Gasteiger partial charge in [0.1, 0.15) is 11.5 Å². The van der Waals surface area contributed by atoms with Gasteiger partial charge in [-0.1, -0.05) is 12.1 Å². The van der Waals surface area contributed by atoms with Crippen LogP contribution in [0.15, 0.2) is 54.9 Å². The summed E-state index contributed by atoms with van der Waals surface area (Å²) >= 11 is 0. The van der Waals surface area contributed by atoms with Gasteiger partial charge in [-0.2, -0.15) is 0 Å². The molecule has 0 amide bonds. The van der Waals surface area contributed by atoms with E-state index in [4.69, 9.17) is 4.74 Å². The maximum absolute atomic E-state index is 12.2. The number of aromatic nitrogens is 1. The first-order valence-electron chi connectivity index (χ1n) is 8.76. The van der Waals surface area contributed by atoms with Gasteiger partial charge in [0.05, 0.1) is 4.92 Å². The van der Waals surface area contributed by atoms with Gasteiger partial charge >= 0.3 is 6.09 Å². The highest BCUT2D eigenvalue weighted by Gasteiger charge is 2.11. The van der Waals surface area contributed by atoms with Gasteiger partial charge in [0.15, 0.2) is 0 Å². The molecular weight excluding hydrogens is 360 g/mol. The topological polar surface area (TPSA) is 94.6 Å². The molecule has 1 N–H and O–H groups in total. The van der Waals surface area contributed by atoms with Crippen LogP contribution in [-0.4, -0.2) is 20.7 Å². The fourth-order valence-electron chi connectivity index (χ4n) is 2.97. The summed E-state index contributed by atoms with van der Waals surface area (Å²) in [6, 6.07) is 11.1. The Balaban J connectivity index is 1.61. The number of nitrogens with zero attached hydrogens (tertiary/aromatic N) is 2. The highest BCUT2D eigenvalue weighted by molar-refractivity contribution is 5.73. The first-order chi connectivity index (χ1) is 13.3. The number of phenols is 1. The van der Waals surface area contributed by atoms with E-state index in [-0.39, 0.29) is 11.4 Å². The van der Waals surface area contributed by atoms with E-state index in [1.807, 2.05) is 32.0 Å². The van der Waals surface area contributed by atoms with Crippen LogP contribution in [0, 0.1) is 24.0 Å². The van der Waals surface area contributed by atoms with Crippen molar-refractivity contribution in [3.05, 3.63) is 87.2 Å². The number of hydrogen-bond acceptors (Lipinski definition) is 5. The first kappa shape index (κ1) is 19.2. The molecule has 0 unspecified atom stereocenters. The Kier molecular flexibility index (Phi) is 5.44. The third-order valence-electron chi connectivity index (χ3n) is 4.47. The first-order valence-corrected chi connectivity index (χ1v) is 8.76. The van der Waals surface area contributed by atoms with E-state index in [9.17, 15) is 20.0 Å². The summed E-state index contributed by atoms with van der Waals surface area (Å²) in [5, 5.41) is 20.5. The van der Waals surface area contributed by atoms with Crippen LogP contribution in [-0.2, 0) is 12.8 Å². The second-order valence-corrected chi connectivity index (χ2v) is 6.62. The van der Waals surface area contributed by atoms with E-state index in [1.165, 1.54) is 28.8 Å². The predicted molar refractivity (Wildman–Crippen MR) is 104 cm³/mol. The van der Waals surface area contributed by atoms with Crippen molar-refractivity contribution in [2.75, 3.05) is 0 Å². The number of non-ortho nitro benzene ring substituents is 1. The van der Waals surface area contributed by atoms with Gasteiger partial charge in [-0.3, -0.25) is 14.7 Å². The largest absolute Gasteiger partial charge is 0.507 e. The Morgan fingerprint density at radius 1 is 1.07 bits per heavy atom. The summed E-state index contributed by atoms with van der Waals surface area (Å²) in [5.41, 5.74) is 3.72. The van der Waals surface area contributed by atoms with Crippen molar-refractivity contribution in [1.82, 2.24) is 4.57 Å². The third kappa shape index (κ3) is 4.37. The monoisotopic (exact) mass is 380 g/mol. The molecule has 1 heterocycles. The quantitative estimate of drug-likeness (QED) is 0.517. The van der Waals surface area contributed by atoms with Gasteiger partial charge < -0.3 is 9.84 Å². The van der Waals surface area contributed by atoms with E-state index in [0.29, 0.717) is 5.75 Å². The number of benzene rings is 2. The summed E-state index contributed by atoms with van der Waals surface area (Å²) in [7, 11) is 0. The SMILES string of the molecule is Cc1cc(CCc2ccn(C(=O)Oc3ccc([N+](=O)[O-])cc3)c2)cc(C)c1O. The van der Waals surface area contributed by atoms with Crippen LogP contribution in [0.3, 0.4) is 0 Å². The normalized spacial score (nSPS) is 10.6. The fourth-order valence-corrected chi connectivity index (χ4v) is 2.97. The Bertz CT molecular complexity index is 999. The van der Waals surface area contributed by atoms with E-state index in [2.05, 4.69) is 0 Å².